The zero-order valence-corrected chi connectivity index (χ0v) is 14.4. The maximum absolute atomic E-state index is 9.21. The van der Waals surface area contributed by atoms with E-state index in [-0.39, 0.29) is 6.10 Å². The molecular weight excluding hydrogens is 300 g/mol. The minimum Gasteiger partial charge on any atom is -0.496 e. The van der Waals surface area contributed by atoms with Crippen molar-refractivity contribution < 1.29 is 9.47 Å². The van der Waals surface area contributed by atoms with Crippen LogP contribution in [0.25, 0.3) is 0 Å². The summed E-state index contributed by atoms with van der Waals surface area (Å²) >= 11 is 0. The number of nitriles is 1. The molecule has 0 fully saturated rings. The summed E-state index contributed by atoms with van der Waals surface area (Å²) in [6.45, 7) is 5.57. The van der Waals surface area contributed by atoms with Crippen molar-refractivity contribution in [2.24, 2.45) is 0 Å². The molecule has 0 radical (unpaired) electrons. The Kier molecular flexibility index (Phi) is 4.73. The molecule has 1 aliphatic heterocycles. The van der Waals surface area contributed by atoms with E-state index in [1.54, 1.807) is 7.11 Å². The predicted molar refractivity (Wildman–Crippen MR) is 95.0 cm³/mol. The van der Waals surface area contributed by atoms with Crippen LogP contribution in [-0.4, -0.2) is 26.4 Å². The van der Waals surface area contributed by atoms with Crippen LogP contribution in [0, 0.1) is 18.3 Å². The minimum atomic E-state index is 0.145. The van der Waals surface area contributed by atoms with Crippen LogP contribution >= 0.6 is 0 Å². The summed E-state index contributed by atoms with van der Waals surface area (Å²) in [6, 6.07) is 14.2. The standard InChI is InChI=1S/C20H22N2O2/c1-14-11-17-12-16(13-21)7-8-19(17)22(9-10-24-14)18-5-4-6-20(23-3)15(18)2/h4-8,12,14H,9-11H2,1-3H3. The van der Waals surface area contributed by atoms with Gasteiger partial charge in [-0.25, -0.2) is 0 Å². The van der Waals surface area contributed by atoms with Crippen LogP contribution in [0.4, 0.5) is 11.4 Å². The Morgan fingerprint density at radius 1 is 1.25 bits per heavy atom. The number of nitrogens with zero attached hydrogens (tertiary/aromatic N) is 2. The second-order valence-corrected chi connectivity index (χ2v) is 6.10. The van der Waals surface area contributed by atoms with Gasteiger partial charge in [-0.05, 0) is 49.7 Å². The van der Waals surface area contributed by atoms with Crippen molar-refractivity contribution in [1.82, 2.24) is 0 Å². The van der Waals surface area contributed by atoms with Gasteiger partial charge in [0.05, 0.1) is 31.5 Å². The Morgan fingerprint density at radius 2 is 2.08 bits per heavy atom. The van der Waals surface area contributed by atoms with E-state index in [9.17, 15) is 5.26 Å². The highest BCUT2D eigenvalue weighted by molar-refractivity contribution is 5.72. The number of fused-ring (bicyclic) bond motifs is 1. The molecule has 24 heavy (non-hydrogen) atoms. The number of ether oxygens (including phenoxy) is 2. The van der Waals surface area contributed by atoms with Crippen LogP contribution in [0.1, 0.15) is 23.6 Å². The highest BCUT2D eigenvalue weighted by Crippen LogP contribution is 2.36. The topological polar surface area (TPSA) is 45.5 Å². The number of methoxy groups -OCH3 is 1. The molecular formula is C20H22N2O2. The van der Waals surface area contributed by atoms with Crippen molar-refractivity contribution >= 4 is 11.4 Å². The Bertz CT molecular complexity index is 780. The van der Waals surface area contributed by atoms with Gasteiger partial charge in [0.15, 0.2) is 0 Å². The molecule has 0 N–H and O–H groups in total. The Labute approximate surface area is 143 Å². The smallest absolute Gasteiger partial charge is 0.123 e. The molecule has 4 heteroatoms. The largest absolute Gasteiger partial charge is 0.496 e. The van der Waals surface area contributed by atoms with E-state index in [1.165, 1.54) is 0 Å². The monoisotopic (exact) mass is 322 g/mol. The average Bonchev–Trinajstić information content (AvgIpc) is 2.58. The van der Waals surface area contributed by atoms with Gasteiger partial charge in [0.2, 0.25) is 0 Å². The summed E-state index contributed by atoms with van der Waals surface area (Å²) < 4.78 is 11.4. The maximum atomic E-state index is 9.21. The summed E-state index contributed by atoms with van der Waals surface area (Å²) in [6.07, 6.45) is 0.941. The minimum absolute atomic E-state index is 0.145. The third kappa shape index (κ3) is 3.08. The van der Waals surface area contributed by atoms with Crippen molar-refractivity contribution in [1.29, 1.82) is 5.26 Å². The second-order valence-electron chi connectivity index (χ2n) is 6.10. The van der Waals surface area contributed by atoms with E-state index in [0.717, 1.165) is 41.2 Å². The van der Waals surface area contributed by atoms with E-state index in [2.05, 4.69) is 30.9 Å². The fraction of sp³-hybridized carbons (Fsp3) is 0.350. The maximum Gasteiger partial charge on any atom is 0.123 e. The fourth-order valence-electron chi connectivity index (χ4n) is 3.28. The van der Waals surface area contributed by atoms with Crippen LogP contribution in [0.5, 0.6) is 5.75 Å². The quantitative estimate of drug-likeness (QED) is 0.839. The lowest BCUT2D eigenvalue weighted by atomic mass is 10.0. The molecule has 0 spiro atoms. The van der Waals surface area contributed by atoms with Gasteiger partial charge in [0, 0.05) is 29.9 Å². The molecule has 1 atom stereocenters. The molecule has 2 aromatic rings. The molecule has 1 unspecified atom stereocenters. The van der Waals surface area contributed by atoms with Crippen LogP contribution < -0.4 is 9.64 Å². The van der Waals surface area contributed by atoms with E-state index in [1.807, 2.05) is 30.3 Å². The molecule has 0 aliphatic carbocycles. The zero-order valence-electron chi connectivity index (χ0n) is 14.4. The van der Waals surface area contributed by atoms with Crippen LogP contribution in [-0.2, 0) is 11.2 Å². The first-order chi connectivity index (χ1) is 11.6. The second kappa shape index (κ2) is 6.94. The van der Waals surface area contributed by atoms with Crippen LogP contribution in [0.2, 0.25) is 0 Å². The first kappa shape index (κ1) is 16.4. The lowest BCUT2D eigenvalue weighted by Gasteiger charge is -2.32. The molecule has 124 valence electrons. The summed E-state index contributed by atoms with van der Waals surface area (Å²) in [5.41, 5.74) is 5.18. The number of anilines is 2. The molecule has 0 aromatic heterocycles. The molecule has 2 aromatic carbocycles. The summed E-state index contributed by atoms with van der Waals surface area (Å²) in [5.74, 6) is 0.874. The normalized spacial score (nSPS) is 17.4. The van der Waals surface area contributed by atoms with Crippen molar-refractivity contribution in [3.8, 4) is 11.8 Å². The fourth-order valence-corrected chi connectivity index (χ4v) is 3.28. The average molecular weight is 322 g/mol. The number of hydrogen-bond acceptors (Lipinski definition) is 4. The van der Waals surface area contributed by atoms with Gasteiger partial charge in [-0.15, -0.1) is 0 Å². The van der Waals surface area contributed by atoms with Gasteiger partial charge < -0.3 is 14.4 Å². The summed E-state index contributed by atoms with van der Waals surface area (Å²) in [7, 11) is 1.69. The van der Waals surface area contributed by atoms with Gasteiger partial charge in [-0.1, -0.05) is 6.07 Å². The first-order valence-electron chi connectivity index (χ1n) is 8.20. The van der Waals surface area contributed by atoms with Gasteiger partial charge in [-0.3, -0.25) is 0 Å². The van der Waals surface area contributed by atoms with Gasteiger partial charge >= 0.3 is 0 Å². The predicted octanol–water partition coefficient (Wildman–Crippen LogP) is 3.97. The van der Waals surface area contributed by atoms with Crippen molar-refractivity contribution in [3.05, 3.63) is 53.1 Å². The third-order valence-corrected chi connectivity index (χ3v) is 4.49. The number of benzene rings is 2. The lowest BCUT2D eigenvalue weighted by Crippen LogP contribution is -2.29. The highest BCUT2D eigenvalue weighted by atomic mass is 16.5. The van der Waals surface area contributed by atoms with Gasteiger partial charge in [0.25, 0.3) is 0 Å². The van der Waals surface area contributed by atoms with Crippen molar-refractivity contribution in [2.45, 2.75) is 26.4 Å². The molecule has 1 aliphatic rings. The zero-order chi connectivity index (χ0) is 17.1. The molecule has 0 amide bonds. The number of hydrogen-bond donors (Lipinski definition) is 0. The first-order valence-corrected chi connectivity index (χ1v) is 8.20. The van der Waals surface area contributed by atoms with E-state index < -0.39 is 0 Å². The van der Waals surface area contributed by atoms with Crippen molar-refractivity contribution in [3.63, 3.8) is 0 Å². The van der Waals surface area contributed by atoms with E-state index >= 15 is 0 Å². The molecule has 0 saturated carbocycles. The molecule has 0 bridgehead atoms. The van der Waals surface area contributed by atoms with Crippen LogP contribution in [0.3, 0.4) is 0 Å². The summed E-state index contributed by atoms with van der Waals surface area (Å²) in [4.78, 5) is 2.26. The highest BCUT2D eigenvalue weighted by Gasteiger charge is 2.21. The van der Waals surface area contributed by atoms with Crippen LogP contribution in [0.15, 0.2) is 36.4 Å². The van der Waals surface area contributed by atoms with Crippen molar-refractivity contribution in [2.75, 3.05) is 25.2 Å². The summed E-state index contributed by atoms with van der Waals surface area (Å²) in [5, 5.41) is 9.21. The number of rotatable bonds is 2. The Morgan fingerprint density at radius 3 is 2.83 bits per heavy atom. The van der Waals surface area contributed by atoms with Gasteiger partial charge in [-0.2, -0.15) is 5.26 Å². The Hall–Kier alpha value is -2.51. The third-order valence-electron chi connectivity index (χ3n) is 4.49. The Balaban J connectivity index is 2.12. The molecule has 3 rings (SSSR count). The molecule has 4 nitrogen and oxygen atoms in total. The molecule has 0 saturated heterocycles. The van der Waals surface area contributed by atoms with E-state index in [0.29, 0.717) is 12.2 Å². The lowest BCUT2D eigenvalue weighted by molar-refractivity contribution is 0.0703. The molecule has 1 heterocycles. The van der Waals surface area contributed by atoms with E-state index in [4.69, 9.17) is 9.47 Å². The SMILES string of the molecule is COc1cccc(N2CCOC(C)Cc3cc(C#N)ccc32)c1C. The van der Waals surface area contributed by atoms with Gasteiger partial charge in [0.1, 0.15) is 5.75 Å².